The van der Waals surface area contributed by atoms with Crippen molar-refractivity contribution in [1.29, 1.82) is 0 Å². The van der Waals surface area contributed by atoms with Crippen molar-refractivity contribution in [2.45, 2.75) is 30.9 Å². The topological polar surface area (TPSA) is 24.5 Å². The number of fused-ring (bicyclic) bond motifs is 4. The van der Waals surface area contributed by atoms with Crippen molar-refractivity contribution >= 4 is 0 Å². The highest BCUT2D eigenvalue weighted by molar-refractivity contribution is 5.39. The molecular formula is C16H22N2O. The third-order valence-corrected chi connectivity index (χ3v) is 5.37. The quantitative estimate of drug-likeness (QED) is 0.835. The lowest BCUT2D eigenvalue weighted by Crippen LogP contribution is -2.54. The van der Waals surface area contributed by atoms with Crippen molar-refractivity contribution in [2.75, 3.05) is 26.7 Å². The summed E-state index contributed by atoms with van der Waals surface area (Å²) < 4.78 is 6.56. The van der Waals surface area contributed by atoms with Gasteiger partial charge in [0.15, 0.2) is 0 Å². The van der Waals surface area contributed by atoms with Crippen LogP contribution in [0.25, 0.3) is 0 Å². The minimum absolute atomic E-state index is 0.0784. The Bertz CT molecular complexity index is 489. The molecule has 3 nitrogen and oxygen atoms in total. The lowest BCUT2D eigenvalue weighted by atomic mass is 9.74. The smallest absolute Gasteiger partial charge is 0.124 e. The fourth-order valence-corrected chi connectivity index (χ4v) is 4.25. The number of benzene rings is 1. The van der Waals surface area contributed by atoms with E-state index < -0.39 is 0 Å². The summed E-state index contributed by atoms with van der Waals surface area (Å²) in [5.41, 5.74) is 1.41. The molecule has 3 heterocycles. The van der Waals surface area contributed by atoms with Crippen LogP contribution >= 0.6 is 0 Å². The van der Waals surface area contributed by atoms with Crippen LogP contribution in [0.3, 0.4) is 0 Å². The van der Waals surface area contributed by atoms with Gasteiger partial charge < -0.3 is 15.0 Å². The van der Waals surface area contributed by atoms with Crippen molar-refractivity contribution in [1.82, 2.24) is 10.2 Å². The van der Waals surface area contributed by atoms with Gasteiger partial charge in [-0.05, 0) is 26.1 Å². The average Bonchev–Trinajstić information content (AvgIpc) is 2.88. The first-order chi connectivity index (χ1) is 9.31. The number of para-hydroxylation sites is 1. The zero-order valence-electron chi connectivity index (χ0n) is 11.6. The second-order valence-electron chi connectivity index (χ2n) is 6.29. The normalized spacial score (nSPS) is 39.9. The van der Waals surface area contributed by atoms with Crippen molar-refractivity contribution in [3.05, 3.63) is 29.8 Å². The largest absolute Gasteiger partial charge is 0.486 e. The summed E-state index contributed by atoms with van der Waals surface area (Å²) >= 11 is 0. The van der Waals surface area contributed by atoms with Gasteiger partial charge in [-0.15, -0.1) is 0 Å². The summed E-state index contributed by atoms with van der Waals surface area (Å²) in [4.78, 5) is 2.59. The van der Waals surface area contributed by atoms with E-state index >= 15 is 0 Å². The van der Waals surface area contributed by atoms with E-state index in [1.54, 1.807) is 0 Å². The molecule has 1 N–H and O–H groups in total. The highest BCUT2D eigenvalue weighted by Crippen LogP contribution is 2.48. The molecule has 0 saturated carbocycles. The number of piperidine rings is 1. The van der Waals surface area contributed by atoms with E-state index in [9.17, 15) is 0 Å². The summed E-state index contributed by atoms with van der Waals surface area (Å²) in [6.07, 6.45) is 3.61. The van der Waals surface area contributed by atoms with E-state index in [1.807, 2.05) is 0 Å². The Labute approximate surface area is 114 Å². The molecule has 0 radical (unpaired) electrons. The fourth-order valence-electron chi connectivity index (χ4n) is 4.25. The molecule has 0 aromatic heterocycles. The lowest BCUT2D eigenvalue weighted by Gasteiger charge is -2.48. The van der Waals surface area contributed by atoms with Crippen molar-refractivity contribution in [3.8, 4) is 5.75 Å². The molecule has 4 unspecified atom stereocenters. The first-order valence-corrected chi connectivity index (χ1v) is 7.48. The van der Waals surface area contributed by atoms with Crippen LogP contribution < -0.4 is 10.1 Å². The van der Waals surface area contributed by atoms with Gasteiger partial charge in [0, 0.05) is 43.5 Å². The van der Waals surface area contributed by atoms with Gasteiger partial charge >= 0.3 is 0 Å². The first kappa shape index (κ1) is 11.7. The van der Waals surface area contributed by atoms with E-state index in [4.69, 9.17) is 4.74 Å². The summed E-state index contributed by atoms with van der Waals surface area (Å²) in [6.45, 7) is 3.70. The maximum absolute atomic E-state index is 6.56. The molecule has 3 aliphatic heterocycles. The molecule has 0 amide bonds. The second-order valence-corrected chi connectivity index (χ2v) is 6.29. The molecule has 2 saturated heterocycles. The molecule has 2 bridgehead atoms. The highest BCUT2D eigenvalue weighted by atomic mass is 16.5. The van der Waals surface area contributed by atoms with Crippen LogP contribution in [0.15, 0.2) is 24.3 Å². The van der Waals surface area contributed by atoms with Gasteiger partial charge in [-0.3, -0.25) is 0 Å². The average molecular weight is 258 g/mol. The predicted octanol–water partition coefficient (Wildman–Crippen LogP) is 2.19. The summed E-state index contributed by atoms with van der Waals surface area (Å²) in [7, 11) is 2.07. The fraction of sp³-hybridized carbons (Fsp3) is 0.625. The van der Waals surface area contributed by atoms with Crippen LogP contribution in [-0.4, -0.2) is 37.2 Å². The van der Waals surface area contributed by atoms with Gasteiger partial charge in [0.05, 0.1) is 0 Å². The zero-order valence-corrected chi connectivity index (χ0v) is 11.6. The van der Waals surface area contributed by atoms with Crippen LogP contribution in [0.2, 0.25) is 0 Å². The minimum Gasteiger partial charge on any atom is -0.486 e. The summed E-state index contributed by atoms with van der Waals surface area (Å²) in [5, 5.41) is 3.50. The van der Waals surface area contributed by atoms with E-state index in [1.165, 1.54) is 38.0 Å². The SMILES string of the molecule is CNC1CC2(CCN3CCC2C3)Oc2ccccc21. The third kappa shape index (κ3) is 1.72. The molecule has 1 aromatic carbocycles. The Morgan fingerprint density at radius 1 is 1.32 bits per heavy atom. The third-order valence-electron chi connectivity index (χ3n) is 5.37. The summed E-state index contributed by atoms with van der Waals surface area (Å²) in [5.74, 6) is 1.82. The molecule has 1 aromatic rings. The Balaban J connectivity index is 1.73. The maximum Gasteiger partial charge on any atom is 0.124 e. The van der Waals surface area contributed by atoms with Gasteiger partial charge in [0.1, 0.15) is 11.4 Å². The van der Waals surface area contributed by atoms with Crippen molar-refractivity contribution in [2.24, 2.45) is 5.92 Å². The maximum atomic E-state index is 6.56. The van der Waals surface area contributed by atoms with E-state index in [0.717, 1.165) is 12.2 Å². The first-order valence-electron chi connectivity index (χ1n) is 7.48. The number of hydrogen-bond donors (Lipinski definition) is 1. The molecule has 3 aliphatic rings. The van der Waals surface area contributed by atoms with Gasteiger partial charge in [-0.2, -0.15) is 0 Å². The number of nitrogens with zero attached hydrogens (tertiary/aromatic N) is 1. The molecule has 4 atom stereocenters. The molecule has 3 heteroatoms. The van der Waals surface area contributed by atoms with Gasteiger partial charge in [0.25, 0.3) is 0 Å². The molecular weight excluding hydrogens is 236 g/mol. The molecule has 102 valence electrons. The monoisotopic (exact) mass is 258 g/mol. The number of hydrogen-bond acceptors (Lipinski definition) is 3. The number of rotatable bonds is 1. The molecule has 4 rings (SSSR count). The van der Waals surface area contributed by atoms with Gasteiger partial charge in [-0.25, -0.2) is 0 Å². The van der Waals surface area contributed by atoms with Crippen LogP contribution in [0.4, 0.5) is 0 Å². The van der Waals surface area contributed by atoms with Crippen LogP contribution in [0.5, 0.6) is 5.75 Å². The zero-order chi connectivity index (χ0) is 12.9. The van der Waals surface area contributed by atoms with Crippen LogP contribution in [0, 0.1) is 5.92 Å². The standard InChI is InChI=1S/C16H22N2O/c1-17-14-10-16(7-9-18-8-6-12(16)11-18)19-15-5-3-2-4-13(14)15/h2-5,12,14,17H,6-11H2,1H3. The predicted molar refractivity (Wildman–Crippen MR) is 75.4 cm³/mol. The Morgan fingerprint density at radius 2 is 2.21 bits per heavy atom. The van der Waals surface area contributed by atoms with Gasteiger partial charge in [0.2, 0.25) is 0 Å². The Morgan fingerprint density at radius 3 is 3.11 bits per heavy atom. The van der Waals surface area contributed by atoms with Crippen LogP contribution in [0.1, 0.15) is 30.9 Å². The van der Waals surface area contributed by atoms with Crippen molar-refractivity contribution in [3.63, 3.8) is 0 Å². The lowest BCUT2D eigenvalue weighted by molar-refractivity contribution is -0.0467. The van der Waals surface area contributed by atoms with E-state index in [0.29, 0.717) is 12.0 Å². The minimum atomic E-state index is 0.0784. The van der Waals surface area contributed by atoms with Gasteiger partial charge in [-0.1, -0.05) is 18.2 Å². The molecule has 1 spiro atoms. The highest BCUT2D eigenvalue weighted by Gasteiger charge is 2.51. The Hall–Kier alpha value is -1.06. The van der Waals surface area contributed by atoms with Crippen LogP contribution in [-0.2, 0) is 0 Å². The summed E-state index contributed by atoms with van der Waals surface area (Å²) in [6, 6.07) is 8.99. The second kappa shape index (κ2) is 4.22. The van der Waals surface area contributed by atoms with E-state index in [2.05, 4.69) is 41.5 Å². The van der Waals surface area contributed by atoms with E-state index in [-0.39, 0.29) is 5.60 Å². The molecule has 19 heavy (non-hydrogen) atoms. The Kier molecular flexibility index (Phi) is 2.61. The number of nitrogens with one attached hydrogen (secondary N) is 1. The molecule has 0 aliphatic carbocycles. The molecule has 2 fully saturated rings. The number of ether oxygens (including phenoxy) is 1. The van der Waals surface area contributed by atoms with Crippen molar-refractivity contribution < 1.29 is 4.74 Å².